The zero-order valence-electron chi connectivity index (χ0n) is 11.8. The zero-order chi connectivity index (χ0) is 15.2. The van der Waals surface area contributed by atoms with E-state index in [4.69, 9.17) is 4.74 Å². The van der Waals surface area contributed by atoms with Gasteiger partial charge in [-0.15, -0.1) is 0 Å². The molecule has 1 aromatic carbocycles. The van der Waals surface area contributed by atoms with Crippen molar-refractivity contribution in [1.82, 2.24) is 4.72 Å². The number of carbonyl (C=O) groups is 1. The molecule has 0 aliphatic carbocycles. The summed E-state index contributed by atoms with van der Waals surface area (Å²) in [6.07, 6.45) is 3.47. The molecule has 0 aliphatic heterocycles. The fourth-order valence-electron chi connectivity index (χ4n) is 1.56. The van der Waals surface area contributed by atoms with Crippen LogP contribution in [0.1, 0.15) is 29.8 Å². The molecule has 5 nitrogen and oxygen atoms in total. The van der Waals surface area contributed by atoms with Crippen LogP contribution in [0.25, 0.3) is 0 Å². The number of hydrogen-bond donors (Lipinski definition) is 1. The zero-order valence-corrected chi connectivity index (χ0v) is 12.7. The van der Waals surface area contributed by atoms with Crippen LogP contribution in [0, 0.1) is 6.92 Å². The maximum absolute atomic E-state index is 11.9. The van der Waals surface area contributed by atoms with Gasteiger partial charge in [0.15, 0.2) is 0 Å². The number of carbonyl (C=O) groups excluding carboxylic acids is 1. The number of aryl methyl sites for hydroxylation is 1. The first-order chi connectivity index (χ1) is 9.42. The molecule has 0 radical (unpaired) electrons. The Morgan fingerprint density at radius 1 is 1.40 bits per heavy atom. The Hall–Kier alpha value is -1.66. The van der Waals surface area contributed by atoms with Gasteiger partial charge in [0.05, 0.1) is 10.5 Å². The van der Waals surface area contributed by atoms with E-state index in [2.05, 4.69) is 4.72 Å². The number of allylic oxidation sites excluding steroid dienone is 1. The van der Waals surface area contributed by atoms with Gasteiger partial charge in [-0.1, -0.05) is 25.1 Å². The Labute approximate surface area is 119 Å². The largest absolute Gasteiger partial charge is 0.458 e. The first-order valence-electron chi connectivity index (χ1n) is 6.31. The van der Waals surface area contributed by atoms with Crippen molar-refractivity contribution in [2.24, 2.45) is 0 Å². The number of nitrogens with one attached hydrogen (secondary N) is 1. The fraction of sp³-hybridized carbons (Fsp3) is 0.357. The van der Waals surface area contributed by atoms with Crippen LogP contribution in [0.5, 0.6) is 0 Å². The van der Waals surface area contributed by atoms with Crippen molar-refractivity contribution in [3.8, 4) is 0 Å². The minimum absolute atomic E-state index is 0.0583. The minimum atomic E-state index is -3.58. The molecule has 1 rings (SSSR count). The van der Waals surface area contributed by atoms with Crippen LogP contribution < -0.4 is 4.72 Å². The molecule has 0 atom stereocenters. The summed E-state index contributed by atoms with van der Waals surface area (Å²) in [5.41, 5.74) is 0.930. The quantitative estimate of drug-likeness (QED) is 0.644. The van der Waals surface area contributed by atoms with E-state index in [1.54, 1.807) is 32.1 Å². The minimum Gasteiger partial charge on any atom is -0.458 e. The van der Waals surface area contributed by atoms with Crippen LogP contribution in [0.3, 0.4) is 0 Å². The van der Waals surface area contributed by atoms with Gasteiger partial charge >= 0.3 is 5.97 Å². The molecular weight excluding hydrogens is 278 g/mol. The second-order valence-electron chi connectivity index (χ2n) is 4.15. The van der Waals surface area contributed by atoms with Crippen LogP contribution in [0.2, 0.25) is 0 Å². The SMILES string of the molecule is C/C=C/COC(=O)c1cc(S(=O)(=O)NCC)ccc1C. The second kappa shape index (κ2) is 7.21. The topological polar surface area (TPSA) is 72.5 Å². The van der Waals surface area contributed by atoms with Gasteiger partial charge in [-0.25, -0.2) is 17.9 Å². The number of esters is 1. The molecular formula is C14H19NO4S. The molecule has 1 aromatic rings. The summed E-state index contributed by atoms with van der Waals surface area (Å²) in [6.45, 7) is 5.70. The third-order valence-corrected chi connectivity index (χ3v) is 4.16. The first-order valence-corrected chi connectivity index (χ1v) is 7.79. The number of ether oxygens (including phenoxy) is 1. The standard InChI is InChI=1S/C14H19NO4S/c1-4-6-9-19-14(16)13-10-12(8-7-11(13)3)20(17,18)15-5-2/h4,6-8,10,15H,5,9H2,1-3H3/b6-4+. The third-order valence-electron chi connectivity index (χ3n) is 2.62. The molecule has 0 bridgehead atoms. The van der Waals surface area contributed by atoms with Gasteiger partial charge < -0.3 is 4.74 Å². The maximum atomic E-state index is 11.9. The van der Waals surface area contributed by atoms with E-state index >= 15 is 0 Å². The van der Waals surface area contributed by atoms with E-state index in [1.807, 2.05) is 6.92 Å². The van der Waals surface area contributed by atoms with Crippen LogP contribution in [-0.2, 0) is 14.8 Å². The molecule has 110 valence electrons. The number of sulfonamides is 1. The van der Waals surface area contributed by atoms with Crippen molar-refractivity contribution in [3.63, 3.8) is 0 Å². The van der Waals surface area contributed by atoms with Crippen molar-refractivity contribution in [2.45, 2.75) is 25.7 Å². The third kappa shape index (κ3) is 4.18. The van der Waals surface area contributed by atoms with Crippen LogP contribution in [-0.4, -0.2) is 27.5 Å². The summed E-state index contributed by atoms with van der Waals surface area (Å²) in [7, 11) is -3.58. The second-order valence-corrected chi connectivity index (χ2v) is 5.91. The van der Waals surface area contributed by atoms with E-state index in [-0.39, 0.29) is 23.6 Å². The Morgan fingerprint density at radius 3 is 2.70 bits per heavy atom. The predicted octanol–water partition coefficient (Wildman–Crippen LogP) is 2.03. The molecule has 0 heterocycles. The highest BCUT2D eigenvalue weighted by Crippen LogP contribution is 2.16. The highest BCUT2D eigenvalue weighted by atomic mass is 32.2. The number of benzene rings is 1. The number of hydrogen-bond acceptors (Lipinski definition) is 4. The van der Waals surface area contributed by atoms with Gasteiger partial charge in [-0.3, -0.25) is 0 Å². The summed E-state index contributed by atoms with van der Waals surface area (Å²) < 4.78 is 31.2. The molecule has 0 aromatic heterocycles. The van der Waals surface area contributed by atoms with Crippen molar-refractivity contribution in [2.75, 3.05) is 13.2 Å². The van der Waals surface area contributed by atoms with Crippen LogP contribution >= 0.6 is 0 Å². The van der Waals surface area contributed by atoms with Gasteiger partial charge in [-0.05, 0) is 31.5 Å². The summed E-state index contributed by atoms with van der Waals surface area (Å²) in [5.74, 6) is -0.533. The first kappa shape index (κ1) is 16.4. The molecule has 0 spiro atoms. The van der Waals surface area contributed by atoms with Crippen LogP contribution in [0.4, 0.5) is 0 Å². The summed E-state index contributed by atoms with van der Waals surface area (Å²) in [4.78, 5) is 12.0. The van der Waals surface area contributed by atoms with E-state index in [9.17, 15) is 13.2 Å². The lowest BCUT2D eigenvalue weighted by Gasteiger charge is -2.09. The van der Waals surface area contributed by atoms with E-state index in [0.29, 0.717) is 5.56 Å². The maximum Gasteiger partial charge on any atom is 0.338 e. The Morgan fingerprint density at radius 2 is 2.10 bits per heavy atom. The Balaban J connectivity index is 3.06. The molecule has 0 amide bonds. The predicted molar refractivity (Wildman–Crippen MR) is 77.1 cm³/mol. The van der Waals surface area contributed by atoms with E-state index in [1.165, 1.54) is 12.1 Å². The van der Waals surface area contributed by atoms with Gasteiger partial charge in [-0.2, -0.15) is 0 Å². The molecule has 0 unspecified atom stereocenters. The van der Waals surface area contributed by atoms with Gasteiger partial charge in [0.25, 0.3) is 0 Å². The average molecular weight is 297 g/mol. The lowest BCUT2D eigenvalue weighted by Crippen LogP contribution is -2.23. The number of rotatable bonds is 6. The summed E-state index contributed by atoms with van der Waals surface area (Å²) >= 11 is 0. The lowest BCUT2D eigenvalue weighted by molar-refractivity contribution is 0.0548. The van der Waals surface area contributed by atoms with Gasteiger partial charge in [0, 0.05) is 6.54 Å². The van der Waals surface area contributed by atoms with Crippen molar-refractivity contribution < 1.29 is 17.9 Å². The lowest BCUT2D eigenvalue weighted by atomic mass is 10.1. The normalized spacial score (nSPS) is 11.8. The monoisotopic (exact) mass is 297 g/mol. The molecule has 0 saturated carbocycles. The van der Waals surface area contributed by atoms with Gasteiger partial charge in [0.1, 0.15) is 6.61 Å². The molecule has 1 N–H and O–H groups in total. The van der Waals surface area contributed by atoms with E-state index in [0.717, 1.165) is 0 Å². The summed E-state index contributed by atoms with van der Waals surface area (Å²) in [6, 6.07) is 4.40. The summed E-state index contributed by atoms with van der Waals surface area (Å²) in [5, 5.41) is 0. The molecule has 0 aliphatic rings. The smallest absolute Gasteiger partial charge is 0.338 e. The average Bonchev–Trinajstić information content (AvgIpc) is 2.39. The fourth-order valence-corrected chi connectivity index (χ4v) is 2.63. The van der Waals surface area contributed by atoms with Crippen molar-refractivity contribution in [1.29, 1.82) is 0 Å². The molecule has 0 fully saturated rings. The highest BCUT2D eigenvalue weighted by molar-refractivity contribution is 7.89. The molecule has 6 heteroatoms. The highest BCUT2D eigenvalue weighted by Gasteiger charge is 2.17. The Kier molecular flexibility index (Phi) is 5.91. The molecule has 20 heavy (non-hydrogen) atoms. The van der Waals surface area contributed by atoms with E-state index < -0.39 is 16.0 Å². The molecule has 0 saturated heterocycles. The Bertz CT molecular complexity index is 606. The van der Waals surface area contributed by atoms with Crippen molar-refractivity contribution >= 4 is 16.0 Å². The van der Waals surface area contributed by atoms with Crippen molar-refractivity contribution in [3.05, 3.63) is 41.5 Å². The van der Waals surface area contributed by atoms with Crippen LogP contribution in [0.15, 0.2) is 35.2 Å². The van der Waals surface area contributed by atoms with Gasteiger partial charge in [0.2, 0.25) is 10.0 Å².